The zero-order chi connectivity index (χ0) is 13.8. The van der Waals surface area contributed by atoms with Gasteiger partial charge < -0.3 is 5.32 Å². The van der Waals surface area contributed by atoms with Crippen molar-refractivity contribution in [1.82, 2.24) is 4.98 Å². The summed E-state index contributed by atoms with van der Waals surface area (Å²) in [6.07, 6.45) is 2.00. The number of anilines is 1. The summed E-state index contributed by atoms with van der Waals surface area (Å²) >= 11 is 3.45. The Morgan fingerprint density at radius 2 is 2.05 bits per heavy atom. The van der Waals surface area contributed by atoms with Crippen molar-refractivity contribution < 1.29 is 4.79 Å². The quantitative estimate of drug-likeness (QED) is 0.938. The maximum absolute atomic E-state index is 12.0. The molecule has 0 spiro atoms. The molecule has 0 bridgehead atoms. The van der Waals surface area contributed by atoms with Crippen LogP contribution in [0.4, 0.5) is 5.69 Å². The second-order valence-electron chi connectivity index (χ2n) is 4.46. The molecule has 0 aliphatic rings. The summed E-state index contributed by atoms with van der Waals surface area (Å²) in [5, 5.41) is 2.88. The number of rotatable bonds is 3. The summed E-state index contributed by atoms with van der Waals surface area (Å²) < 4.78 is 0.985. The summed E-state index contributed by atoms with van der Waals surface area (Å²) in [5.74, 6) is -0.0578. The van der Waals surface area contributed by atoms with Gasteiger partial charge in [0.1, 0.15) is 0 Å². The van der Waals surface area contributed by atoms with Crippen LogP contribution in [0, 0.1) is 13.8 Å². The van der Waals surface area contributed by atoms with Crippen molar-refractivity contribution in [2.75, 3.05) is 5.32 Å². The van der Waals surface area contributed by atoms with Crippen molar-refractivity contribution in [3.63, 3.8) is 0 Å². The number of carbonyl (C=O) groups excluding carboxylic acids is 1. The van der Waals surface area contributed by atoms with E-state index in [0.29, 0.717) is 0 Å². The number of aromatic nitrogens is 1. The van der Waals surface area contributed by atoms with Crippen LogP contribution in [0.15, 0.2) is 41.0 Å². The number of hydrogen-bond acceptors (Lipinski definition) is 2. The first-order valence-corrected chi connectivity index (χ1v) is 6.82. The lowest BCUT2D eigenvalue weighted by molar-refractivity contribution is -0.115. The fourth-order valence-electron chi connectivity index (χ4n) is 1.73. The van der Waals surface area contributed by atoms with Crippen LogP contribution in [0.25, 0.3) is 0 Å². The molecule has 2 aromatic rings. The lowest BCUT2D eigenvalue weighted by Gasteiger charge is -2.08. The van der Waals surface area contributed by atoms with Crippen LogP contribution in [-0.2, 0) is 11.2 Å². The van der Waals surface area contributed by atoms with E-state index < -0.39 is 0 Å². The van der Waals surface area contributed by atoms with Crippen LogP contribution < -0.4 is 5.32 Å². The Labute approximate surface area is 121 Å². The van der Waals surface area contributed by atoms with Crippen molar-refractivity contribution in [2.24, 2.45) is 0 Å². The number of pyridine rings is 1. The zero-order valence-electron chi connectivity index (χ0n) is 10.9. The first-order chi connectivity index (χ1) is 9.06. The van der Waals surface area contributed by atoms with Gasteiger partial charge in [-0.3, -0.25) is 9.78 Å². The minimum absolute atomic E-state index is 0.0578. The molecule has 1 aromatic heterocycles. The first kappa shape index (κ1) is 13.7. The summed E-state index contributed by atoms with van der Waals surface area (Å²) in [4.78, 5) is 16.2. The average Bonchev–Trinajstić information content (AvgIpc) is 2.37. The number of nitrogens with zero attached hydrogens (tertiary/aromatic N) is 1. The summed E-state index contributed by atoms with van der Waals surface area (Å²) in [6, 6.07) is 9.58. The Morgan fingerprint density at radius 1 is 1.26 bits per heavy atom. The van der Waals surface area contributed by atoms with Gasteiger partial charge in [-0.25, -0.2) is 0 Å². The largest absolute Gasteiger partial charge is 0.326 e. The Hall–Kier alpha value is -1.68. The van der Waals surface area contributed by atoms with Gasteiger partial charge in [-0.05, 0) is 43.2 Å². The van der Waals surface area contributed by atoms with E-state index in [1.807, 2.05) is 44.2 Å². The number of amides is 1. The minimum Gasteiger partial charge on any atom is -0.326 e. The van der Waals surface area contributed by atoms with Crippen molar-refractivity contribution in [3.05, 3.63) is 57.8 Å². The first-order valence-electron chi connectivity index (χ1n) is 6.03. The molecule has 0 aliphatic heterocycles. The van der Waals surface area contributed by atoms with Crippen LogP contribution in [-0.4, -0.2) is 10.9 Å². The number of benzene rings is 1. The van der Waals surface area contributed by atoms with Crippen molar-refractivity contribution in [1.29, 1.82) is 0 Å². The summed E-state index contributed by atoms with van der Waals surface area (Å²) in [6.45, 7) is 3.96. The van der Waals surface area contributed by atoms with E-state index in [0.717, 1.165) is 27.0 Å². The molecule has 0 saturated heterocycles. The second-order valence-corrected chi connectivity index (χ2v) is 5.31. The normalized spacial score (nSPS) is 10.3. The molecule has 0 fully saturated rings. The molecular weight excluding hydrogens is 304 g/mol. The van der Waals surface area contributed by atoms with Gasteiger partial charge in [-0.2, -0.15) is 0 Å². The number of carbonyl (C=O) groups is 1. The Morgan fingerprint density at radius 3 is 2.74 bits per heavy atom. The van der Waals surface area contributed by atoms with Gasteiger partial charge in [0, 0.05) is 16.4 Å². The van der Waals surface area contributed by atoms with Crippen LogP contribution in [0.5, 0.6) is 0 Å². The van der Waals surface area contributed by atoms with Crippen molar-refractivity contribution in [2.45, 2.75) is 20.3 Å². The van der Waals surface area contributed by atoms with Gasteiger partial charge in [-0.15, -0.1) is 0 Å². The topological polar surface area (TPSA) is 42.0 Å². The number of nitrogens with one attached hydrogen (secondary N) is 1. The third-order valence-corrected chi connectivity index (χ3v) is 3.76. The average molecular weight is 319 g/mol. The Kier molecular flexibility index (Phi) is 4.32. The lowest BCUT2D eigenvalue weighted by atomic mass is 10.1. The third kappa shape index (κ3) is 3.64. The highest BCUT2D eigenvalue weighted by Gasteiger charge is 2.07. The second kappa shape index (κ2) is 5.97. The standard InChI is InChI=1S/C15H15BrN2O/c1-10-5-6-12(8-13(10)16)18-15(19)9-14-11(2)4-3-7-17-14/h3-8H,9H2,1-2H3,(H,18,19). The molecule has 0 radical (unpaired) electrons. The van der Waals surface area contributed by atoms with E-state index in [-0.39, 0.29) is 12.3 Å². The smallest absolute Gasteiger partial charge is 0.230 e. The molecule has 2 rings (SSSR count). The van der Waals surface area contributed by atoms with Gasteiger partial charge in [0.05, 0.1) is 12.1 Å². The van der Waals surface area contributed by atoms with Gasteiger partial charge in [0.2, 0.25) is 5.91 Å². The van der Waals surface area contributed by atoms with Gasteiger partial charge >= 0.3 is 0 Å². The molecule has 1 heterocycles. The molecule has 3 nitrogen and oxygen atoms in total. The lowest BCUT2D eigenvalue weighted by Crippen LogP contribution is -2.15. The van der Waals surface area contributed by atoms with E-state index in [4.69, 9.17) is 0 Å². The van der Waals surface area contributed by atoms with Crippen molar-refractivity contribution in [3.8, 4) is 0 Å². The minimum atomic E-state index is -0.0578. The molecule has 0 saturated carbocycles. The van der Waals surface area contributed by atoms with E-state index in [1.54, 1.807) is 6.20 Å². The summed E-state index contributed by atoms with van der Waals surface area (Å²) in [5.41, 5.74) is 3.77. The fraction of sp³-hybridized carbons (Fsp3) is 0.200. The SMILES string of the molecule is Cc1ccc(NC(=O)Cc2ncccc2C)cc1Br. The molecule has 0 atom stereocenters. The molecule has 1 N–H and O–H groups in total. The zero-order valence-corrected chi connectivity index (χ0v) is 12.5. The number of halogens is 1. The summed E-state index contributed by atoms with van der Waals surface area (Å²) in [7, 11) is 0. The molecule has 0 unspecified atom stereocenters. The highest BCUT2D eigenvalue weighted by atomic mass is 79.9. The van der Waals surface area contributed by atoms with E-state index in [1.165, 1.54) is 0 Å². The monoisotopic (exact) mass is 318 g/mol. The predicted octanol–water partition coefficient (Wildman–Crippen LogP) is 3.64. The fourth-order valence-corrected chi connectivity index (χ4v) is 2.11. The predicted molar refractivity (Wildman–Crippen MR) is 80.2 cm³/mol. The Bertz CT molecular complexity index is 611. The van der Waals surface area contributed by atoms with Crippen molar-refractivity contribution >= 4 is 27.5 Å². The van der Waals surface area contributed by atoms with Gasteiger partial charge in [0.25, 0.3) is 0 Å². The van der Waals surface area contributed by atoms with Crippen LogP contribution in [0.1, 0.15) is 16.8 Å². The highest BCUT2D eigenvalue weighted by Crippen LogP contribution is 2.20. The molecule has 4 heteroatoms. The molecular formula is C15H15BrN2O. The number of hydrogen-bond donors (Lipinski definition) is 1. The van der Waals surface area contributed by atoms with E-state index >= 15 is 0 Å². The van der Waals surface area contributed by atoms with E-state index in [2.05, 4.69) is 26.2 Å². The maximum atomic E-state index is 12.0. The molecule has 1 aromatic carbocycles. The molecule has 0 aliphatic carbocycles. The maximum Gasteiger partial charge on any atom is 0.230 e. The Balaban J connectivity index is 2.05. The van der Waals surface area contributed by atoms with E-state index in [9.17, 15) is 4.79 Å². The molecule has 1 amide bonds. The third-order valence-electron chi connectivity index (χ3n) is 2.90. The highest BCUT2D eigenvalue weighted by molar-refractivity contribution is 9.10. The molecule has 19 heavy (non-hydrogen) atoms. The van der Waals surface area contributed by atoms with Crippen LogP contribution in [0.2, 0.25) is 0 Å². The van der Waals surface area contributed by atoms with Crippen LogP contribution in [0.3, 0.4) is 0 Å². The number of aryl methyl sites for hydroxylation is 2. The van der Waals surface area contributed by atoms with Crippen LogP contribution >= 0.6 is 15.9 Å². The van der Waals surface area contributed by atoms with Gasteiger partial charge in [-0.1, -0.05) is 28.1 Å². The molecule has 98 valence electrons. The van der Waals surface area contributed by atoms with Gasteiger partial charge in [0.15, 0.2) is 0 Å².